The minimum atomic E-state index is -0.506. The quantitative estimate of drug-likeness (QED) is 0.598. The largest absolute Gasteiger partial charge is 0.383 e. The van der Waals surface area contributed by atoms with Crippen LogP contribution in [0.25, 0.3) is 0 Å². The topological polar surface area (TPSA) is 102 Å². The van der Waals surface area contributed by atoms with E-state index < -0.39 is 11.2 Å². The number of rotatable bonds is 8. The molecule has 7 nitrogen and oxygen atoms in total. The van der Waals surface area contributed by atoms with Gasteiger partial charge >= 0.3 is 5.69 Å². The summed E-state index contributed by atoms with van der Waals surface area (Å²) in [4.78, 5) is 25.7. The van der Waals surface area contributed by atoms with Crippen molar-refractivity contribution in [2.24, 2.45) is 5.92 Å². The Balaban J connectivity index is 2.05. The van der Waals surface area contributed by atoms with Gasteiger partial charge in [-0.25, -0.2) is 4.79 Å². The first-order chi connectivity index (χ1) is 9.63. The number of hydrogen-bond donors (Lipinski definition) is 3. The number of methoxy groups -OCH3 is 1. The predicted octanol–water partition coefficient (Wildman–Crippen LogP) is 0.367. The summed E-state index contributed by atoms with van der Waals surface area (Å²) in [5.41, 5.74) is 5.21. The van der Waals surface area contributed by atoms with Gasteiger partial charge < -0.3 is 15.8 Å². The van der Waals surface area contributed by atoms with Gasteiger partial charge in [0.05, 0.1) is 13.2 Å². The lowest BCUT2D eigenvalue weighted by Gasteiger charge is -2.13. The molecule has 1 aliphatic rings. The second-order valence-corrected chi connectivity index (χ2v) is 5.18. The smallest absolute Gasteiger partial charge is 0.330 e. The van der Waals surface area contributed by atoms with Crippen LogP contribution in [-0.2, 0) is 11.3 Å². The Labute approximate surface area is 117 Å². The zero-order valence-corrected chi connectivity index (χ0v) is 11.8. The SMILES string of the molecule is COCCn1c(N)c(NCCCC2CC2)c(=O)[nH]c1=O. The Kier molecular flexibility index (Phi) is 4.84. The van der Waals surface area contributed by atoms with E-state index in [-0.39, 0.29) is 11.5 Å². The average Bonchev–Trinajstić information content (AvgIpc) is 3.21. The normalized spacial score (nSPS) is 14.4. The second-order valence-electron chi connectivity index (χ2n) is 5.18. The molecule has 4 N–H and O–H groups in total. The van der Waals surface area contributed by atoms with Crippen molar-refractivity contribution < 1.29 is 4.74 Å². The maximum Gasteiger partial charge on any atom is 0.330 e. The van der Waals surface area contributed by atoms with E-state index in [2.05, 4.69) is 10.3 Å². The highest BCUT2D eigenvalue weighted by atomic mass is 16.5. The Hall–Kier alpha value is -1.76. The van der Waals surface area contributed by atoms with Crippen LogP contribution in [0.1, 0.15) is 25.7 Å². The van der Waals surface area contributed by atoms with Crippen LogP contribution in [0.5, 0.6) is 0 Å². The molecule has 1 aromatic rings. The molecule has 0 amide bonds. The van der Waals surface area contributed by atoms with Crippen molar-refractivity contribution in [1.29, 1.82) is 0 Å². The summed E-state index contributed by atoms with van der Waals surface area (Å²) in [6.45, 7) is 1.36. The van der Waals surface area contributed by atoms with E-state index in [0.29, 0.717) is 19.7 Å². The summed E-state index contributed by atoms with van der Waals surface area (Å²) < 4.78 is 6.24. The van der Waals surface area contributed by atoms with E-state index in [1.54, 1.807) is 7.11 Å². The van der Waals surface area contributed by atoms with Gasteiger partial charge in [-0.15, -0.1) is 0 Å². The molecular weight excluding hydrogens is 260 g/mol. The summed E-state index contributed by atoms with van der Waals surface area (Å²) in [6, 6.07) is 0. The maximum absolute atomic E-state index is 11.8. The molecule has 0 aliphatic heterocycles. The van der Waals surface area contributed by atoms with Crippen molar-refractivity contribution in [3.8, 4) is 0 Å². The monoisotopic (exact) mass is 282 g/mol. The molecule has 2 rings (SSSR count). The van der Waals surface area contributed by atoms with Crippen LogP contribution >= 0.6 is 0 Å². The molecule has 1 heterocycles. The zero-order chi connectivity index (χ0) is 14.5. The lowest BCUT2D eigenvalue weighted by molar-refractivity contribution is 0.186. The number of hydrogen-bond acceptors (Lipinski definition) is 5. The minimum Gasteiger partial charge on any atom is -0.383 e. The van der Waals surface area contributed by atoms with Crippen molar-refractivity contribution in [3.05, 3.63) is 20.8 Å². The van der Waals surface area contributed by atoms with E-state index in [9.17, 15) is 9.59 Å². The Bertz CT molecular complexity index is 560. The summed E-state index contributed by atoms with van der Waals surface area (Å²) in [5, 5.41) is 3.04. The van der Waals surface area contributed by atoms with Gasteiger partial charge in [0.15, 0.2) is 0 Å². The van der Waals surface area contributed by atoms with Gasteiger partial charge in [-0.2, -0.15) is 0 Å². The Morgan fingerprint density at radius 2 is 2.20 bits per heavy atom. The van der Waals surface area contributed by atoms with Crippen LogP contribution in [0, 0.1) is 5.92 Å². The standard InChI is InChI=1S/C13H22N4O3/c1-20-8-7-17-11(14)10(12(18)16-13(17)19)15-6-2-3-9-4-5-9/h9,15H,2-8,14H2,1H3,(H,16,18,19). The van der Waals surface area contributed by atoms with Crippen molar-refractivity contribution in [2.75, 3.05) is 31.3 Å². The van der Waals surface area contributed by atoms with Gasteiger partial charge in [0.1, 0.15) is 11.5 Å². The van der Waals surface area contributed by atoms with Crippen LogP contribution < -0.4 is 22.3 Å². The first kappa shape index (κ1) is 14.6. The first-order valence-corrected chi connectivity index (χ1v) is 6.99. The molecule has 20 heavy (non-hydrogen) atoms. The summed E-state index contributed by atoms with van der Waals surface area (Å²) >= 11 is 0. The highest BCUT2D eigenvalue weighted by Crippen LogP contribution is 2.33. The molecule has 0 atom stereocenters. The molecule has 1 aromatic heterocycles. The summed E-state index contributed by atoms with van der Waals surface area (Å²) in [6.07, 6.45) is 4.82. The molecule has 112 valence electrons. The molecule has 0 unspecified atom stereocenters. The highest BCUT2D eigenvalue weighted by molar-refractivity contribution is 5.60. The molecule has 1 fully saturated rings. The van der Waals surface area contributed by atoms with Gasteiger partial charge in [0.25, 0.3) is 5.56 Å². The van der Waals surface area contributed by atoms with Crippen molar-refractivity contribution in [3.63, 3.8) is 0 Å². The molecule has 1 saturated carbocycles. The number of nitrogens with one attached hydrogen (secondary N) is 2. The number of aromatic nitrogens is 2. The number of aromatic amines is 1. The lowest BCUT2D eigenvalue weighted by Crippen LogP contribution is -2.35. The van der Waals surface area contributed by atoms with E-state index in [1.165, 1.54) is 23.8 Å². The van der Waals surface area contributed by atoms with Crippen LogP contribution in [0.4, 0.5) is 11.5 Å². The van der Waals surface area contributed by atoms with Crippen LogP contribution in [0.2, 0.25) is 0 Å². The van der Waals surface area contributed by atoms with E-state index >= 15 is 0 Å². The van der Waals surface area contributed by atoms with Crippen molar-refractivity contribution in [2.45, 2.75) is 32.2 Å². The Morgan fingerprint density at radius 3 is 2.85 bits per heavy atom. The minimum absolute atomic E-state index is 0.169. The third-order valence-electron chi connectivity index (χ3n) is 3.55. The summed E-state index contributed by atoms with van der Waals surface area (Å²) in [7, 11) is 1.55. The molecule has 0 radical (unpaired) electrons. The molecule has 7 heteroatoms. The number of H-pyrrole nitrogens is 1. The number of nitrogens with two attached hydrogens (primary N) is 1. The number of ether oxygens (including phenoxy) is 1. The fourth-order valence-corrected chi connectivity index (χ4v) is 2.17. The number of nitrogens with zero attached hydrogens (tertiary/aromatic N) is 1. The molecule has 0 saturated heterocycles. The van der Waals surface area contributed by atoms with Crippen molar-refractivity contribution in [1.82, 2.24) is 9.55 Å². The second kappa shape index (κ2) is 6.60. The van der Waals surface area contributed by atoms with Gasteiger partial charge in [0.2, 0.25) is 0 Å². The highest BCUT2D eigenvalue weighted by Gasteiger charge is 2.20. The third kappa shape index (κ3) is 3.63. The Morgan fingerprint density at radius 1 is 1.45 bits per heavy atom. The maximum atomic E-state index is 11.8. The lowest BCUT2D eigenvalue weighted by atomic mass is 10.2. The number of nitrogen functional groups attached to an aromatic ring is 1. The summed E-state index contributed by atoms with van der Waals surface area (Å²) in [5.74, 6) is 1.03. The predicted molar refractivity (Wildman–Crippen MR) is 78.1 cm³/mol. The van der Waals surface area contributed by atoms with Crippen molar-refractivity contribution >= 4 is 11.5 Å². The number of anilines is 2. The fourth-order valence-electron chi connectivity index (χ4n) is 2.17. The van der Waals surface area contributed by atoms with Crippen LogP contribution in [-0.4, -0.2) is 29.8 Å². The van der Waals surface area contributed by atoms with Gasteiger partial charge in [-0.3, -0.25) is 14.3 Å². The van der Waals surface area contributed by atoms with Gasteiger partial charge in [0, 0.05) is 13.7 Å². The molecule has 1 aliphatic carbocycles. The molecule has 0 aromatic carbocycles. The molecule has 0 spiro atoms. The van der Waals surface area contributed by atoms with Gasteiger partial charge in [-0.05, 0) is 18.8 Å². The average molecular weight is 282 g/mol. The third-order valence-corrected chi connectivity index (χ3v) is 3.55. The van der Waals surface area contributed by atoms with E-state index in [4.69, 9.17) is 10.5 Å². The zero-order valence-electron chi connectivity index (χ0n) is 11.8. The van der Waals surface area contributed by atoms with E-state index in [0.717, 1.165) is 12.3 Å². The fraction of sp³-hybridized carbons (Fsp3) is 0.692. The van der Waals surface area contributed by atoms with Crippen LogP contribution in [0.15, 0.2) is 9.59 Å². The van der Waals surface area contributed by atoms with Gasteiger partial charge in [-0.1, -0.05) is 12.8 Å². The molecule has 0 bridgehead atoms. The first-order valence-electron chi connectivity index (χ1n) is 6.99. The van der Waals surface area contributed by atoms with E-state index in [1.807, 2.05) is 0 Å². The molecular formula is C13H22N4O3. The van der Waals surface area contributed by atoms with Crippen LogP contribution in [0.3, 0.4) is 0 Å².